The molecule has 3 rings (SSSR count). The van der Waals surface area contributed by atoms with Crippen molar-refractivity contribution >= 4 is 23.4 Å². The Labute approximate surface area is 166 Å². The minimum Gasteiger partial charge on any atom is -0.479 e. The first-order valence-electron chi connectivity index (χ1n) is 10.0. The molecule has 7 heteroatoms. The van der Waals surface area contributed by atoms with Crippen LogP contribution in [0.2, 0.25) is 0 Å². The molecule has 1 atom stereocenters. The fraction of sp³-hybridized carbons (Fsp3) is 0.571. The normalized spacial score (nSPS) is 20.0. The number of fused-ring (bicyclic) bond motifs is 1. The lowest BCUT2D eigenvalue weighted by molar-refractivity contribution is -0.135. The van der Waals surface area contributed by atoms with E-state index in [1.54, 1.807) is 16.7 Å². The van der Waals surface area contributed by atoms with E-state index in [4.69, 9.17) is 4.74 Å². The van der Waals surface area contributed by atoms with Gasteiger partial charge in [0.2, 0.25) is 11.8 Å². The van der Waals surface area contributed by atoms with Crippen LogP contribution in [0.1, 0.15) is 40.0 Å². The van der Waals surface area contributed by atoms with Crippen LogP contribution in [0.3, 0.4) is 0 Å². The van der Waals surface area contributed by atoms with Gasteiger partial charge in [-0.15, -0.1) is 0 Å². The Morgan fingerprint density at radius 2 is 1.89 bits per heavy atom. The quantitative estimate of drug-likeness (QED) is 0.838. The lowest BCUT2D eigenvalue weighted by Gasteiger charge is -2.34. The molecule has 2 aliphatic rings. The summed E-state index contributed by atoms with van der Waals surface area (Å²) in [5, 5.41) is 2.94. The molecule has 28 heavy (non-hydrogen) atoms. The monoisotopic (exact) mass is 387 g/mol. The van der Waals surface area contributed by atoms with Crippen LogP contribution in [0, 0.1) is 5.92 Å². The summed E-state index contributed by atoms with van der Waals surface area (Å²) >= 11 is 0. The summed E-state index contributed by atoms with van der Waals surface area (Å²) < 4.78 is 5.63. The van der Waals surface area contributed by atoms with Gasteiger partial charge in [-0.25, -0.2) is 0 Å². The zero-order valence-electron chi connectivity index (χ0n) is 16.8. The van der Waals surface area contributed by atoms with Crippen molar-refractivity contribution in [3.05, 3.63) is 24.3 Å². The highest BCUT2D eigenvalue weighted by molar-refractivity contribution is 6.00. The van der Waals surface area contributed by atoms with Crippen molar-refractivity contribution in [3.8, 4) is 5.75 Å². The van der Waals surface area contributed by atoms with Crippen molar-refractivity contribution in [1.29, 1.82) is 0 Å². The smallest absolute Gasteiger partial charge is 0.267 e. The van der Waals surface area contributed by atoms with Crippen molar-refractivity contribution in [2.24, 2.45) is 5.92 Å². The molecule has 2 heterocycles. The molecule has 0 radical (unpaired) electrons. The highest BCUT2D eigenvalue weighted by Gasteiger charge is 2.32. The molecule has 1 N–H and O–H groups in total. The van der Waals surface area contributed by atoms with Gasteiger partial charge < -0.3 is 19.9 Å². The van der Waals surface area contributed by atoms with Crippen LogP contribution in [0.5, 0.6) is 5.75 Å². The third-order valence-electron chi connectivity index (χ3n) is 5.27. The van der Waals surface area contributed by atoms with Gasteiger partial charge in [-0.1, -0.05) is 12.1 Å². The predicted molar refractivity (Wildman–Crippen MR) is 106 cm³/mol. The number of rotatable bonds is 5. The molecule has 1 aromatic rings. The van der Waals surface area contributed by atoms with Crippen LogP contribution in [-0.4, -0.2) is 54.4 Å². The molecule has 0 aliphatic carbocycles. The molecule has 1 saturated heterocycles. The van der Waals surface area contributed by atoms with E-state index in [-0.39, 0.29) is 36.1 Å². The second kappa shape index (κ2) is 8.63. The average Bonchev–Trinajstić information content (AvgIpc) is 2.67. The maximum atomic E-state index is 12.7. The van der Waals surface area contributed by atoms with Gasteiger partial charge in [0.05, 0.1) is 5.69 Å². The highest BCUT2D eigenvalue weighted by Crippen LogP contribution is 2.33. The van der Waals surface area contributed by atoms with Crippen LogP contribution >= 0.6 is 0 Å². The largest absolute Gasteiger partial charge is 0.479 e. The summed E-state index contributed by atoms with van der Waals surface area (Å²) in [6.07, 6.45) is 1.07. The summed E-state index contributed by atoms with van der Waals surface area (Å²) in [4.78, 5) is 40.7. The Morgan fingerprint density at radius 1 is 1.21 bits per heavy atom. The SMILES string of the molecule is CC(C)NC(=O)C1CCN(C(=O)CCN2C(=O)C(C)Oc3ccccc32)CC1. The Morgan fingerprint density at radius 3 is 2.57 bits per heavy atom. The molecule has 3 amide bonds. The zero-order valence-corrected chi connectivity index (χ0v) is 16.8. The summed E-state index contributed by atoms with van der Waals surface area (Å²) in [7, 11) is 0. The van der Waals surface area contributed by atoms with Crippen molar-refractivity contribution in [2.75, 3.05) is 24.5 Å². The molecular formula is C21H29N3O4. The second-order valence-electron chi connectivity index (χ2n) is 7.79. The lowest BCUT2D eigenvalue weighted by Crippen LogP contribution is -2.47. The van der Waals surface area contributed by atoms with E-state index in [2.05, 4.69) is 5.32 Å². The summed E-state index contributed by atoms with van der Waals surface area (Å²) in [6.45, 7) is 7.11. The fourth-order valence-corrected chi connectivity index (χ4v) is 3.75. The molecule has 7 nitrogen and oxygen atoms in total. The zero-order chi connectivity index (χ0) is 20.3. The Hall–Kier alpha value is -2.57. The van der Waals surface area contributed by atoms with Gasteiger partial charge in [-0.2, -0.15) is 0 Å². The highest BCUT2D eigenvalue weighted by atomic mass is 16.5. The maximum absolute atomic E-state index is 12.7. The van der Waals surface area contributed by atoms with Crippen LogP contribution in [0.15, 0.2) is 24.3 Å². The standard InChI is InChI=1S/C21H29N3O4/c1-14(2)22-20(26)16-8-11-23(12-9-16)19(25)10-13-24-17-6-4-5-7-18(17)28-15(3)21(24)27/h4-7,14-16H,8-13H2,1-3H3,(H,22,26). The van der Waals surface area contributed by atoms with E-state index in [1.807, 2.05) is 38.1 Å². The van der Waals surface area contributed by atoms with Gasteiger partial charge >= 0.3 is 0 Å². The second-order valence-corrected chi connectivity index (χ2v) is 7.79. The van der Waals surface area contributed by atoms with Crippen molar-refractivity contribution < 1.29 is 19.1 Å². The molecular weight excluding hydrogens is 358 g/mol. The Balaban J connectivity index is 1.54. The van der Waals surface area contributed by atoms with Gasteiger partial charge in [0, 0.05) is 38.0 Å². The van der Waals surface area contributed by atoms with E-state index < -0.39 is 6.10 Å². The molecule has 2 aliphatic heterocycles. The number of carbonyl (C=O) groups excluding carboxylic acids is 3. The minimum absolute atomic E-state index is 0.0205. The van der Waals surface area contributed by atoms with Crippen molar-refractivity contribution in [3.63, 3.8) is 0 Å². The molecule has 1 aromatic carbocycles. The molecule has 1 fully saturated rings. The van der Waals surface area contributed by atoms with Gasteiger partial charge in [-0.3, -0.25) is 14.4 Å². The number of carbonyl (C=O) groups is 3. The number of para-hydroxylation sites is 2. The Bertz CT molecular complexity index is 741. The van der Waals surface area contributed by atoms with E-state index >= 15 is 0 Å². The van der Waals surface area contributed by atoms with E-state index in [0.29, 0.717) is 43.9 Å². The number of ether oxygens (including phenoxy) is 1. The van der Waals surface area contributed by atoms with Gasteiger partial charge in [0.25, 0.3) is 5.91 Å². The molecule has 152 valence electrons. The number of likely N-dealkylation sites (tertiary alicyclic amines) is 1. The van der Waals surface area contributed by atoms with Crippen LogP contribution in [0.25, 0.3) is 0 Å². The third kappa shape index (κ3) is 4.46. The number of piperidine rings is 1. The van der Waals surface area contributed by atoms with Crippen molar-refractivity contribution in [2.45, 2.75) is 52.2 Å². The summed E-state index contributed by atoms with van der Waals surface area (Å²) in [5.74, 6) is 0.605. The van der Waals surface area contributed by atoms with Crippen LogP contribution in [0.4, 0.5) is 5.69 Å². The van der Waals surface area contributed by atoms with Crippen LogP contribution < -0.4 is 15.0 Å². The lowest BCUT2D eigenvalue weighted by atomic mass is 9.95. The van der Waals surface area contributed by atoms with E-state index in [0.717, 1.165) is 0 Å². The van der Waals surface area contributed by atoms with E-state index in [9.17, 15) is 14.4 Å². The number of benzene rings is 1. The number of nitrogens with one attached hydrogen (secondary N) is 1. The maximum Gasteiger partial charge on any atom is 0.267 e. The fourth-order valence-electron chi connectivity index (χ4n) is 3.75. The first-order chi connectivity index (χ1) is 13.4. The first-order valence-corrected chi connectivity index (χ1v) is 10.0. The number of anilines is 1. The molecule has 1 unspecified atom stereocenters. The number of nitrogens with zero attached hydrogens (tertiary/aromatic N) is 2. The minimum atomic E-state index is -0.555. The number of hydrogen-bond acceptors (Lipinski definition) is 4. The first kappa shape index (κ1) is 20.2. The average molecular weight is 387 g/mol. The molecule has 0 saturated carbocycles. The topological polar surface area (TPSA) is 79.0 Å². The van der Waals surface area contributed by atoms with Gasteiger partial charge in [-0.05, 0) is 45.7 Å². The van der Waals surface area contributed by atoms with Crippen molar-refractivity contribution in [1.82, 2.24) is 10.2 Å². The van der Waals surface area contributed by atoms with E-state index in [1.165, 1.54) is 0 Å². The Kier molecular flexibility index (Phi) is 6.21. The summed E-state index contributed by atoms with van der Waals surface area (Å²) in [5.41, 5.74) is 0.711. The number of hydrogen-bond donors (Lipinski definition) is 1. The molecule has 0 aromatic heterocycles. The van der Waals surface area contributed by atoms with Gasteiger partial charge in [0.1, 0.15) is 5.75 Å². The predicted octanol–water partition coefficient (Wildman–Crippen LogP) is 1.95. The number of amides is 3. The van der Waals surface area contributed by atoms with Gasteiger partial charge in [0.15, 0.2) is 6.10 Å². The summed E-state index contributed by atoms with van der Waals surface area (Å²) in [6, 6.07) is 7.52. The van der Waals surface area contributed by atoms with Crippen LogP contribution in [-0.2, 0) is 14.4 Å². The molecule has 0 spiro atoms. The molecule has 0 bridgehead atoms. The third-order valence-corrected chi connectivity index (χ3v) is 5.27.